The number of esters is 1. The van der Waals surface area contributed by atoms with Gasteiger partial charge in [0.1, 0.15) is 22.8 Å². The molecule has 6 N–H and O–H groups in total. The predicted molar refractivity (Wildman–Crippen MR) is 172 cm³/mol. The van der Waals surface area contributed by atoms with Gasteiger partial charge in [-0.2, -0.15) is 0 Å². The molecule has 3 aromatic carbocycles. The van der Waals surface area contributed by atoms with Gasteiger partial charge in [0.2, 0.25) is 0 Å². The number of carbonyl (C=O) groups is 3. The number of nitrogens with two attached hydrogens (primary N) is 1. The zero-order valence-electron chi connectivity index (χ0n) is 26.3. The Bertz CT molecular complexity index is 1630. The number of guanidine groups is 1. The summed E-state index contributed by atoms with van der Waals surface area (Å²) in [7, 11) is 0. The number of unbranched alkanes of at least 4 members (excludes halogenated alkanes) is 1. The maximum atomic E-state index is 13.0. The van der Waals surface area contributed by atoms with Crippen LogP contribution in [0.25, 0.3) is 0 Å². The molecule has 238 valence electrons. The molecule has 0 spiro atoms. The summed E-state index contributed by atoms with van der Waals surface area (Å²) in [6, 6.07) is 11.3. The fourth-order valence-electron chi connectivity index (χ4n) is 5.37. The minimum atomic E-state index is -0.636. The number of ether oxygens (including phenoxy) is 3. The topological polar surface area (TPSA) is 173 Å². The Kier molecular flexibility index (Phi) is 10.0. The normalized spacial score (nSPS) is 15.4. The van der Waals surface area contributed by atoms with E-state index in [1.165, 1.54) is 18.2 Å². The summed E-state index contributed by atoms with van der Waals surface area (Å²) in [5.41, 5.74) is 8.52. The van der Waals surface area contributed by atoms with Gasteiger partial charge in [-0.1, -0.05) is 0 Å². The van der Waals surface area contributed by atoms with E-state index in [1.54, 1.807) is 38.1 Å². The molecule has 1 aliphatic rings. The quantitative estimate of drug-likeness (QED) is 0.0746. The number of ketones is 1. The second kappa shape index (κ2) is 13.7. The van der Waals surface area contributed by atoms with Crippen molar-refractivity contribution in [3.05, 3.63) is 75.8 Å². The molecule has 0 saturated heterocycles. The van der Waals surface area contributed by atoms with E-state index in [4.69, 9.17) is 25.4 Å². The Morgan fingerprint density at radius 3 is 2.36 bits per heavy atom. The lowest BCUT2D eigenvalue weighted by atomic mass is 9.84. The van der Waals surface area contributed by atoms with E-state index in [0.717, 1.165) is 24.0 Å². The fraction of sp³-hybridized carbons (Fsp3) is 0.353. The Morgan fingerprint density at radius 2 is 1.69 bits per heavy atom. The highest BCUT2D eigenvalue weighted by Crippen LogP contribution is 2.44. The number of aromatic hydroxyl groups is 1. The number of phenols is 1. The summed E-state index contributed by atoms with van der Waals surface area (Å²) in [5, 5.41) is 23.2. The van der Waals surface area contributed by atoms with Crippen LogP contribution in [0.1, 0.15) is 87.3 Å². The summed E-state index contributed by atoms with van der Waals surface area (Å²) in [6.07, 6.45) is 2.46. The Morgan fingerprint density at radius 1 is 1.00 bits per heavy atom. The van der Waals surface area contributed by atoms with Gasteiger partial charge in [-0.3, -0.25) is 15.0 Å². The van der Waals surface area contributed by atoms with Crippen molar-refractivity contribution in [3.8, 4) is 17.2 Å². The minimum absolute atomic E-state index is 0.0158. The third-order valence-corrected chi connectivity index (χ3v) is 7.84. The Hall–Kier alpha value is -5.06. The number of benzene rings is 3. The molecule has 4 rings (SSSR count). The van der Waals surface area contributed by atoms with Crippen molar-refractivity contribution in [2.45, 2.75) is 65.9 Å². The van der Waals surface area contributed by atoms with Gasteiger partial charge >= 0.3 is 5.97 Å². The first-order valence-electron chi connectivity index (χ1n) is 14.8. The molecule has 1 atom stereocenters. The average Bonchev–Trinajstić information content (AvgIpc) is 2.99. The van der Waals surface area contributed by atoms with E-state index in [-0.39, 0.29) is 41.6 Å². The maximum Gasteiger partial charge on any atom is 0.338 e. The van der Waals surface area contributed by atoms with Gasteiger partial charge in [-0.15, -0.1) is 0 Å². The lowest BCUT2D eigenvalue weighted by molar-refractivity contribution is 0.0438. The van der Waals surface area contributed by atoms with Crippen molar-refractivity contribution in [2.75, 3.05) is 23.8 Å². The largest absolute Gasteiger partial charge is 0.507 e. The molecule has 1 aliphatic heterocycles. The molecule has 11 nitrogen and oxygen atoms in total. The van der Waals surface area contributed by atoms with Crippen LogP contribution in [0.3, 0.4) is 0 Å². The molecule has 0 bridgehead atoms. The summed E-state index contributed by atoms with van der Waals surface area (Å²) in [4.78, 5) is 38.3. The van der Waals surface area contributed by atoms with Crippen molar-refractivity contribution in [1.82, 2.24) is 0 Å². The third-order valence-electron chi connectivity index (χ3n) is 7.84. The van der Waals surface area contributed by atoms with Crippen molar-refractivity contribution in [3.63, 3.8) is 0 Å². The molecule has 0 aromatic heterocycles. The molecule has 0 saturated carbocycles. The van der Waals surface area contributed by atoms with Gasteiger partial charge in [0.05, 0.1) is 30.8 Å². The van der Waals surface area contributed by atoms with Crippen LogP contribution in [-0.2, 0) is 4.74 Å². The monoisotopic (exact) mass is 616 g/mol. The number of nitrogens with one attached hydrogen (secondary N) is 3. The molecule has 1 unspecified atom stereocenters. The molecule has 1 heterocycles. The standard InChI is InChI=1S/C34H40N4O7/c1-6-43-32(42)23-15-22(16-25(17-23)38-33(35)36)31(41)37-24-9-11-26(12-10-24)44-14-8-7-13-34(5)18-27(39)28-21(4)29(40)19(2)20(3)30(28)45-34/h9-12,15-17,40H,6-8,13-14,18H2,1-5H3,(H,37,41)(H4,35,36,38). The van der Waals surface area contributed by atoms with Crippen molar-refractivity contribution >= 4 is 35.0 Å². The number of anilines is 2. The number of phenolic OH excluding ortho intramolecular Hbond substituents is 1. The van der Waals surface area contributed by atoms with Crippen molar-refractivity contribution < 1.29 is 33.7 Å². The van der Waals surface area contributed by atoms with Gasteiger partial charge < -0.3 is 35.7 Å². The van der Waals surface area contributed by atoms with Gasteiger partial charge in [0, 0.05) is 22.5 Å². The number of carbonyl (C=O) groups excluding carboxylic acids is 3. The number of amides is 1. The van der Waals surface area contributed by atoms with Gasteiger partial charge in [-0.25, -0.2) is 4.79 Å². The van der Waals surface area contributed by atoms with Crippen molar-refractivity contribution in [2.24, 2.45) is 5.73 Å². The van der Waals surface area contributed by atoms with E-state index >= 15 is 0 Å². The number of hydrogen-bond acceptors (Lipinski definition) is 8. The summed E-state index contributed by atoms with van der Waals surface area (Å²) in [6.45, 7) is 9.71. The van der Waals surface area contributed by atoms with E-state index in [0.29, 0.717) is 47.0 Å². The van der Waals surface area contributed by atoms with E-state index in [9.17, 15) is 19.5 Å². The molecule has 1 amide bonds. The van der Waals surface area contributed by atoms with Gasteiger partial charge in [0.25, 0.3) is 5.91 Å². The molecular weight excluding hydrogens is 576 g/mol. The molecule has 3 aromatic rings. The zero-order chi connectivity index (χ0) is 32.9. The van der Waals surface area contributed by atoms with Crippen molar-refractivity contribution in [1.29, 1.82) is 5.41 Å². The molecule has 11 heteroatoms. The SMILES string of the molecule is CCOC(=O)c1cc(NC(=N)N)cc(C(=O)Nc2ccc(OCCCCC3(C)CC(=O)c4c(C)c(O)c(C)c(C)c4O3)cc2)c1. The first-order chi connectivity index (χ1) is 21.3. The highest BCUT2D eigenvalue weighted by atomic mass is 16.5. The summed E-state index contributed by atoms with van der Waals surface area (Å²) < 4.78 is 17.3. The maximum absolute atomic E-state index is 13.0. The number of Topliss-reactive ketones (excluding diaryl/α,β-unsaturated/α-hetero) is 1. The number of rotatable bonds is 11. The van der Waals surface area contributed by atoms with E-state index in [1.807, 2.05) is 20.8 Å². The predicted octanol–water partition coefficient (Wildman–Crippen LogP) is 6.03. The third kappa shape index (κ3) is 7.72. The number of hydrogen-bond donors (Lipinski definition) is 5. The second-order valence-corrected chi connectivity index (χ2v) is 11.4. The molecule has 45 heavy (non-hydrogen) atoms. The van der Waals surface area contributed by atoms with Crippen LogP contribution in [0.15, 0.2) is 42.5 Å². The molecular formula is C34H40N4O7. The van der Waals surface area contributed by atoms with Crippen LogP contribution >= 0.6 is 0 Å². The smallest absolute Gasteiger partial charge is 0.338 e. The van der Waals surface area contributed by atoms with Crippen LogP contribution < -0.4 is 25.8 Å². The Labute approximate surface area is 262 Å². The van der Waals surface area contributed by atoms with Crippen LogP contribution in [0.4, 0.5) is 11.4 Å². The summed E-state index contributed by atoms with van der Waals surface area (Å²) >= 11 is 0. The molecule has 0 fully saturated rings. The second-order valence-electron chi connectivity index (χ2n) is 11.4. The van der Waals surface area contributed by atoms with Crippen LogP contribution in [-0.4, -0.2) is 47.5 Å². The van der Waals surface area contributed by atoms with Gasteiger partial charge in [-0.05, 0) is 107 Å². The summed E-state index contributed by atoms with van der Waals surface area (Å²) in [5.74, 6) is -0.0484. The highest BCUT2D eigenvalue weighted by Gasteiger charge is 2.39. The molecule has 0 radical (unpaired) electrons. The van der Waals surface area contributed by atoms with Gasteiger partial charge in [0.15, 0.2) is 11.7 Å². The van der Waals surface area contributed by atoms with E-state index < -0.39 is 17.5 Å². The zero-order valence-corrected chi connectivity index (χ0v) is 26.3. The first kappa shape index (κ1) is 32.8. The number of fused-ring (bicyclic) bond motifs is 1. The van der Waals surface area contributed by atoms with Crippen LogP contribution in [0, 0.1) is 26.2 Å². The van der Waals surface area contributed by atoms with Crippen LogP contribution in [0.2, 0.25) is 0 Å². The molecule has 0 aliphatic carbocycles. The Balaban J connectivity index is 1.30. The lowest BCUT2D eigenvalue weighted by Gasteiger charge is -2.37. The highest BCUT2D eigenvalue weighted by molar-refractivity contribution is 6.07. The minimum Gasteiger partial charge on any atom is -0.507 e. The first-order valence-corrected chi connectivity index (χ1v) is 14.8. The van der Waals surface area contributed by atoms with Crippen LogP contribution in [0.5, 0.6) is 17.2 Å². The fourth-order valence-corrected chi connectivity index (χ4v) is 5.37. The van der Waals surface area contributed by atoms with E-state index in [2.05, 4.69) is 10.6 Å². The average molecular weight is 617 g/mol. The lowest BCUT2D eigenvalue weighted by Crippen LogP contribution is -2.40.